The molecule has 1 aliphatic rings. The second-order valence-electron chi connectivity index (χ2n) is 6.65. The normalized spacial score (nSPS) is 18.0. The number of hydrogen-bond acceptors (Lipinski definition) is 4. The molecular formula is C20H23NO4S. The van der Waals surface area contributed by atoms with Gasteiger partial charge in [0.1, 0.15) is 0 Å². The number of carbonyl (C=O) groups excluding carboxylic acids is 1. The second-order valence-corrected chi connectivity index (χ2v) is 7.63. The molecule has 0 radical (unpaired) electrons. The van der Waals surface area contributed by atoms with Crippen LogP contribution < -0.4 is 0 Å². The second kappa shape index (κ2) is 8.47. The number of amides is 1. The Labute approximate surface area is 156 Å². The van der Waals surface area contributed by atoms with E-state index < -0.39 is 12.1 Å². The molecule has 26 heavy (non-hydrogen) atoms. The van der Waals surface area contributed by atoms with Gasteiger partial charge >= 0.3 is 5.97 Å². The molecule has 0 aliphatic carbocycles. The number of rotatable bonds is 7. The van der Waals surface area contributed by atoms with Gasteiger partial charge in [0.15, 0.2) is 0 Å². The number of thiophene rings is 1. The SMILES string of the molecule is O=C(O)c1ccc(CCC(=O)N2CCC[C@@H]2C[C@@H](O)c2cccs2)cc1. The molecule has 1 fully saturated rings. The van der Waals surface area contributed by atoms with Gasteiger partial charge in [-0.2, -0.15) is 0 Å². The first-order chi connectivity index (χ1) is 12.5. The topological polar surface area (TPSA) is 77.8 Å². The summed E-state index contributed by atoms with van der Waals surface area (Å²) in [5.74, 6) is -0.843. The summed E-state index contributed by atoms with van der Waals surface area (Å²) in [4.78, 5) is 26.4. The van der Waals surface area contributed by atoms with Gasteiger partial charge in [0, 0.05) is 23.9 Å². The third-order valence-electron chi connectivity index (χ3n) is 4.89. The Morgan fingerprint density at radius 3 is 2.65 bits per heavy atom. The minimum atomic E-state index is -0.947. The molecule has 1 aromatic carbocycles. The monoisotopic (exact) mass is 373 g/mol. The standard InChI is InChI=1S/C20H23NO4S/c22-17(18-4-2-12-26-18)13-16-3-1-11-21(16)19(23)10-7-14-5-8-15(9-6-14)20(24)25/h2,4-6,8-9,12,16-17,22H,1,3,7,10-11,13H2,(H,24,25)/t16-,17-/m1/s1. The first-order valence-electron chi connectivity index (χ1n) is 8.88. The lowest BCUT2D eigenvalue weighted by atomic mass is 10.0. The van der Waals surface area contributed by atoms with Crippen LogP contribution in [0.3, 0.4) is 0 Å². The Hall–Kier alpha value is -2.18. The van der Waals surface area contributed by atoms with Gasteiger partial charge in [-0.05, 0) is 54.8 Å². The summed E-state index contributed by atoms with van der Waals surface area (Å²) in [6, 6.07) is 10.6. The van der Waals surface area contributed by atoms with Crippen molar-refractivity contribution in [2.75, 3.05) is 6.54 Å². The lowest BCUT2D eigenvalue weighted by Gasteiger charge is -2.26. The van der Waals surface area contributed by atoms with Crippen LogP contribution >= 0.6 is 11.3 Å². The summed E-state index contributed by atoms with van der Waals surface area (Å²) in [7, 11) is 0. The van der Waals surface area contributed by atoms with Crippen LogP contribution in [0.2, 0.25) is 0 Å². The molecule has 1 amide bonds. The van der Waals surface area contributed by atoms with Gasteiger partial charge in [-0.3, -0.25) is 4.79 Å². The maximum atomic E-state index is 12.6. The smallest absolute Gasteiger partial charge is 0.335 e. The number of carboxylic acid groups (broad SMARTS) is 1. The fourth-order valence-corrected chi connectivity index (χ4v) is 4.20. The maximum Gasteiger partial charge on any atom is 0.335 e. The molecule has 2 atom stereocenters. The van der Waals surface area contributed by atoms with E-state index in [9.17, 15) is 14.7 Å². The van der Waals surface area contributed by atoms with Crippen molar-refractivity contribution in [3.63, 3.8) is 0 Å². The molecule has 5 nitrogen and oxygen atoms in total. The van der Waals surface area contributed by atoms with Gasteiger partial charge in [0.25, 0.3) is 0 Å². The van der Waals surface area contributed by atoms with Gasteiger partial charge in [0.05, 0.1) is 11.7 Å². The molecule has 3 rings (SSSR count). The summed E-state index contributed by atoms with van der Waals surface area (Å²) < 4.78 is 0. The van der Waals surface area contributed by atoms with Crippen molar-refractivity contribution >= 4 is 23.2 Å². The number of carbonyl (C=O) groups is 2. The first kappa shape index (κ1) is 18.6. The van der Waals surface area contributed by atoms with Gasteiger partial charge in [0.2, 0.25) is 5.91 Å². The van der Waals surface area contributed by atoms with E-state index in [0.717, 1.165) is 29.8 Å². The molecule has 1 aliphatic heterocycles. The predicted molar refractivity (Wildman–Crippen MR) is 100 cm³/mol. The van der Waals surface area contributed by atoms with Gasteiger partial charge in [-0.25, -0.2) is 4.79 Å². The van der Waals surface area contributed by atoms with Crippen LogP contribution in [0.4, 0.5) is 0 Å². The van der Waals surface area contributed by atoms with E-state index in [0.29, 0.717) is 19.3 Å². The molecule has 0 spiro atoms. The summed E-state index contributed by atoms with van der Waals surface area (Å²) in [6.45, 7) is 0.749. The van der Waals surface area contributed by atoms with E-state index in [1.54, 1.807) is 24.3 Å². The van der Waals surface area contributed by atoms with Crippen LogP contribution in [0, 0.1) is 0 Å². The molecule has 138 valence electrons. The van der Waals surface area contributed by atoms with Crippen molar-refractivity contribution in [3.8, 4) is 0 Å². The van der Waals surface area contributed by atoms with Crippen LogP contribution in [-0.2, 0) is 11.2 Å². The van der Waals surface area contributed by atoms with Gasteiger partial charge in [-0.15, -0.1) is 11.3 Å². The highest BCUT2D eigenvalue weighted by molar-refractivity contribution is 7.10. The minimum absolute atomic E-state index is 0.0917. The van der Waals surface area contributed by atoms with Crippen molar-refractivity contribution in [1.82, 2.24) is 4.90 Å². The highest BCUT2D eigenvalue weighted by Crippen LogP contribution is 2.30. The van der Waals surface area contributed by atoms with Crippen LogP contribution in [0.15, 0.2) is 41.8 Å². The van der Waals surface area contributed by atoms with Crippen molar-refractivity contribution in [2.45, 2.75) is 44.2 Å². The van der Waals surface area contributed by atoms with Gasteiger partial charge < -0.3 is 15.1 Å². The summed E-state index contributed by atoms with van der Waals surface area (Å²) >= 11 is 1.54. The lowest BCUT2D eigenvalue weighted by Crippen LogP contribution is -2.36. The largest absolute Gasteiger partial charge is 0.478 e. The number of aliphatic hydroxyl groups is 1. The molecule has 2 heterocycles. The number of hydrogen-bond donors (Lipinski definition) is 2. The third kappa shape index (κ3) is 4.51. The zero-order valence-electron chi connectivity index (χ0n) is 14.5. The summed E-state index contributed by atoms with van der Waals surface area (Å²) in [6.07, 6.45) is 2.96. The fraction of sp³-hybridized carbons (Fsp3) is 0.400. The highest BCUT2D eigenvalue weighted by Gasteiger charge is 2.30. The first-order valence-corrected chi connectivity index (χ1v) is 9.75. The zero-order valence-corrected chi connectivity index (χ0v) is 15.3. The van der Waals surface area contributed by atoms with E-state index in [2.05, 4.69) is 0 Å². The molecule has 6 heteroatoms. The minimum Gasteiger partial charge on any atom is -0.478 e. The molecule has 0 unspecified atom stereocenters. The molecule has 0 bridgehead atoms. The summed E-state index contributed by atoms with van der Waals surface area (Å²) in [5, 5.41) is 21.2. The third-order valence-corrected chi connectivity index (χ3v) is 5.87. The number of nitrogens with zero attached hydrogens (tertiary/aromatic N) is 1. The van der Waals surface area contributed by atoms with Crippen molar-refractivity contribution in [3.05, 3.63) is 57.8 Å². The van der Waals surface area contributed by atoms with Crippen LogP contribution in [0.25, 0.3) is 0 Å². The summed E-state index contributed by atoms with van der Waals surface area (Å²) in [5.41, 5.74) is 1.21. The number of benzene rings is 1. The fourth-order valence-electron chi connectivity index (χ4n) is 3.47. The van der Waals surface area contributed by atoms with Crippen molar-refractivity contribution in [2.24, 2.45) is 0 Å². The number of aromatic carboxylic acids is 1. The Morgan fingerprint density at radius 1 is 1.23 bits per heavy atom. The van der Waals surface area contributed by atoms with E-state index in [1.807, 2.05) is 22.4 Å². The van der Waals surface area contributed by atoms with Crippen LogP contribution in [0.1, 0.15) is 52.6 Å². The molecule has 2 N–H and O–H groups in total. The lowest BCUT2D eigenvalue weighted by molar-refractivity contribution is -0.132. The molecule has 0 saturated carbocycles. The van der Waals surface area contributed by atoms with Crippen molar-refractivity contribution in [1.29, 1.82) is 0 Å². The number of aryl methyl sites for hydroxylation is 1. The Balaban J connectivity index is 1.53. The molecule has 1 saturated heterocycles. The molecule has 1 aromatic heterocycles. The van der Waals surface area contributed by atoms with E-state index >= 15 is 0 Å². The number of carboxylic acids is 1. The van der Waals surface area contributed by atoms with Gasteiger partial charge in [-0.1, -0.05) is 18.2 Å². The zero-order chi connectivity index (χ0) is 18.5. The van der Waals surface area contributed by atoms with E-state index in [-0.39, 0.29) is 17.5 Å². The average Bonchev–Trinajstić information content (AvgIpc) is 3.31. The maximum absolute atomic E-state index is 12.6. The number of likely N-dealkylation sites (tertiary alicyclic amines) is 1. The molecule has 2 aromatic rings. The highest BCUT2D eigenvalue weighted by atomic mass is 32.1. The molecular weight excluding hydrogens is 350 g/mol. The Bertz CT molecular complexity index is 742. The Kier molecular flexibility index (Phi) is 6.06. The quantitative estimate of drug-likeness (QED) is 0.779. The Morgan fingerprint density at radius 2 is 2.00 bits per heavy atom. The van der Waals surface area contributed by atoms with Crippen LogP contribution in [-0.4, -0.2) is 39.6 Å². The number of aliphatic hydroxyl groups excluding tert-OH is 1. The average molecular weight is 373 g/mol. The van der Waals surface area contributed by atoms with E-state index in [1.165, 1.54) is 11.3 Å². The van der Waals surface area contributed by atoms with E-state index in [4.69, 9.17) is 5.11 Å². The predicted octanol–water partition coefficient (Wildman–Crippen LogP) is 3.49. The van der Waals surface area contributed by atoms with Crippen molar-refractivity contribution < 1.29 is 19.8 Å². The van der Waals surface area contributed by atoms with Crippen LogP contribution in [0.5, 0.6) is 0 Å².